The first-order valence-electron chi connectivity index (χ1n) is 8.65. The highest BCUT2D eigenvalue weighted by Crippen LogP contribution is 2.25. The van der Waals surface area contributed by atoms with E-state index in [0.29, 0.717) is 11.4 Å². The van der Waals surface area contributed by atoms with Gasteiger partial charge < -0.3 is 25.2 Å². The third-order valence-electron chi connectivity index (χ3n) is 3.88. The Bertz CT molecular complexity index is 901. The molecule has 1 atom stereocenters. The van der Waals surface area contributed by atoms with Crippen LogP contribution < -0.4 is 15.4 Å². The second kappa shape index (κ2) is 10.0. The van der Waals surface area contributed by atoms with Crippen molar-refractivity contribution in [2.75, 3.05) is 30.9 Å². The maximum absolute atomic E-state index is 12.5. The quantitative estimate of drug-likeness (QED) is 0.329. The van der Waals surface area contributed by atoms with Gasteiger partial charge in [-0.2, -0.15) is 0 Å². The van der Waals surface area contributed by atoms with Gasteiger partial charge in [-0.1, -0.05) is 12.1 Å². The van der Waals surface area contributed by atoms with E-state index >= 15 is 0 Å². The molecular weight excluding hydrogens is 382 g/mol. The molecule has 2 aromatic rings. The number of ether oxygens (including phenoxy) is 2. The van der Waals surface area contributed by atoms with E-state index in [-0.39, 0.29) is 30.1 Å². The third-order valence-corrected chi connectivity index (χ3v) is 3.88. The summed E-state index contributed by atoms with van der Waals surface area (Å²) in [6.45, 7) is 1.30. The fourth-order valence-electron chi connectivity index (χ4n) is 2.42. The number of para-hydroxylation sites is 2. The van der Waals surface area contributed by atoms with Crippen molar-refractivity contribution in [3.63, 3.8) is 0 Å². The fraction of sp³-hybridized carbons (Fsp3) is 0.263. The average molecular weight is 403 g/mol. The molecule has 0 aliphatic heterocycles. The van der Waals surface area contributed by atoms with E-state index in [1.54, 1.807) is 24.3 Å². The van der Waals surface area contributed by atoms with Crippen LogP contribution in [0.4, 0.5) is 17.1 Å². The zero-order chi connectivity index (χ0) is 21.4. The molecule has 154 valence electrons. The zero-order valence-electron chi connectivity index (χ0n) is 15.9. The van der Waals surface area contributed by atoms with E-state index < -0.39 is 22.9 Å². The number of benzene rings is 2. The molecule has 0 radical (unpaired) electrons. The fourth-order valence-corrected chi connectivity index (χ4v) is 2.42. The summed E-state index contributed by atoms with van der Waals surface area (Å²) in [6, 6.07) is 10.3. The molecule has 0 aliphatic carbocycles. The van der Waals surface area contributed by atoms with Gasteiger partial charge in [0.05, 0.1) is 29.9 Å². The molecule has 0 fully saturated rings. The first kappa shape index (κ1) is 21.6. The number of anilines is 2. The van der Waals surface area contributed by atoms with Crippen LogP contribution in [0.3, 0.4) is 0 Å². The predicted molar refractivity (Wildman–Crippen MR) is 105 cm³/mol. The van der Waals surface area contributed by atoms with Gasteiger partial charge in [-0.3, -0.25) is 14.9 Å². The molecule has 0 spiro atoms. The molecule has 0 saturated carbocycles. The van der Waals surface area contributed by atoms with Gasteiger partial charge in [-0.05, 0) is 25.1 Å². The summed E-state index contributed by atoms with van der Waals surface area (Å²) in [4.78, 5) is 35.3. The average Bonchev–Trinajstić information content (AvgIpc) is 2.72. The number of nitro benzene ring substituents is 1. The maximum Gasteiger partial charge on any atom is 0.341 e. The first-order chi connectivity index (χ1) is 13.9. The zero-order valence-corrected chi connectivity index (χ0v) is 15.9. The molecule has 10 heteroatoms. The number of hydrogen-bond donors (Lipinski definition) is 3. The van der Waals surface area contributed by atoms with Gasteiger partial charge in [0, 0.05) is 24.4 Å². The van der Waals surface area contributed by atoms with Gasteiger partial charge in [0.15, 0.2) is 6.10 Å². The van der Waals surface area contributed by atoms with Crippen molar-refractivity contribution in [1.29, 1.82) is 0 Å². The Hall–Kier alpha value is -3.66. The van der Waals surface area contributed by atoms with Crippen LogP contribution in [0.25, 0.3) is 0 Å². The molecule has 0 aromatic heterocycles. The summed E-state index contributed by atoms with van der Waals surface area (Å²) in [5.74, 6) is -1.08. The number of carbonyl (C=O) groups is 2. The van der Waals surface area contributed by atoms with Gasteiger partial charge in [-0.15, -0.1) is 0 Å². The van der Waals surface area contributed by atoms with Crippen LogP contribution in [0.15, 0.2) is 42.5 Å². The largest absolute Gasteiger partial charge is 0.495 e. The molecular formula is C19H21N3O7. The van der Waals surface area contributed by atoms with Crippen LogP contribution >= 0.6 is 0 Å². The lowest BCUT2D eigenvalue weighted by Crippen LogP contribution is -2.30. The highest BCUT2D eigenvalue weighted by atomic mass is 16.6. The monoisotopic (exact) mass is 403 g/mol. The highest BCUT2D eigenvalue weighted by molar-refractivity contribution is 6.00. The second-order valence-corrected chi connectivity index (χ2v) is 5.87. The van der Waals surface area contributed by atoms with Crippen LogP contribution in [0.1, 0.15) is 17.3 Å². The molecule has 0 saturated heterocycles. The lowest BCUT2D eigenvalue weighted by atomic mass is 10.1. The number of hydrogen-bond acceptors (Lipinski definition) is 8. The first-order valence-corrected chi connectivity index (χ1v) is 8.65. The van der Waals surface area contributed by atoms with Crippen LogP contribution in [0.2, 0.25) is 0 Å². The number of esters is 1. The Morgan fingerprint density at radius 2 is 1.93 bits per heavy atom. The van der Waals surface area contributed by atoms with Crippen LogP contribution in [-0.4, -0.2) is 48.3 Å². The predicted octanol–water partition coefficient (Wildman–Crippen LogP) is 2.19. The number of nitrogens with one attached hydrogen (secondary N) is 2. The molecule has 0 aliphatic rings. The number of nitrogens with zero attached hydrogens (tertiary/aromatic N) is 1. The molecule has 10 nitrogen and oxygen atoms in total. The maximum atomic E-state index is 12.5. The Labute approximate surface area is 166 Å². The van der Waals surface area contributed by atoms with Crippen molar-refractivity contribution in [3.05, 3.63) is 58.1 Å². The van der Waals surface area contributed by atoms with Crippen molar-refractivity contribution in [2.45, 2.75) is 13.0 Å². The SMILES string of the molecule is COc1ccccc1NC(=O)[C@H](C)OC(=O)c1cc([N+](=O)[O-])ccc1NCCO. The van der Waals surface area contributed by atoms with Gasteiger partial charge in [-0.25, -0.2) is 4.79 Å². The van der Waals surface area contributed by atoms with Crippen LogP contribution in [0, 0.1) is 10.1 Å². The summed E-state index contributed by atoms with van der Waals surface area (Å²) in [6.07, 6.45) is -1.18. The summed E-state index contributed by atoms with van der Waals surface area (Å²) in [5.41, 5.74) is 0.220. The lowest BCUT2D eigenvalue weighted by Gasteiger charge is -2.16. The number of rotatable bonds is 9. The Balaban J connectivity index is 2.16. The van der Waals surface area contributed by atoms with Crippen molar-refractivity contribution in [3.8, 4) is 5.75 Å². The van der Waals surface area contributed by atoms with Gasteiger partial charge >= 0.3 is 5.97 Å². The number of methoxy groups -OCH3 is 1. The van der Waals surface area contributed by atoms with Crippen molar-refractivity contribution in [1.82, 2.24) is 0 Å². The number of amides is 1. The van der Waals surface area contributed by atoms with Crippen LogP contribution in [-0.2, 0) is 9.53 Å². The van der Waals surface area contributed by atoms with Gasteiger partial charge in [0.25, 0.3) is 11.6 Å². The minimum atomic E-state index is -1.18. The molecule has 2 rings (SSSR count). The van der Waals surface area contributed by atoms with Crippen LogP contribution in [0.5, 0.6) is 5.75 Å². The molecule has 0 unspecified atom stereocenters. The molecule has 0 bridgehead atoms. The third kappa shape index (κ3) is 5.66. The van der Waals surface area contributed by atoms with Crippen molar-refractivity contribution in [2.24, 2.45) is 0 Å². The summed E-state index contributed by atoms with van der Waals surface area (Å²) in [5, 5.41) is 25.3. The van der Waals surface area contributed by atoms with E-state index in [0.717, 1.165) is 6.07 Å². The van der Waals surface area contributed by atoms with E-state index in [9.17, 15) is 19.7 Å². The molecule has 3 N–H and O–H groups in total. The van der Waals surface area contributed by atoms with E-state index in [2.05, 4.69) is 10.6 Å². The Kier molecular flexibility index (Phi) is 7.49. The molecule has 0 heterocycles. The van der Waals surface area contributed by atoms with Crippen molar-refractivity contribution >= 4 is 28.9 Å². The smallest absolute Gasteiger partial charge is 0.341 e. The van der Waals surface area contributed by atoms with Gasteiger partial charge in [0.2, 0.25) is 0 Å². The number of nitro groups is 1. The second-order valence-electron chi connectivity index (χ2n) is 5.87. The molecule has 29 heavy (non-hydrogen) atoms. The molecule has 1 amide bonds. The summed E-state index contributed by atoms with van der Waals surface area (Å²) in [7, 11) is 1.46. The standard InChI is InChI=1S/C19H21N3O7/c1-12(18(24)21-16-5-3-4-6-17(16)28-2)29-19(25)14-11-13(22(26)27)7-8-15(14)20-9-10-23/h3-8,11-12,20,23H,9-10H2,1-2H3,(H,21,24)/t12-/m0/s1. The summed E-state index contributed by atoms with van der Waals surface area (Å²) < 4.78 is 10.3. The number of aliphatic hydroxyl groups is 1. The minimum Gasteiger partial charge on any atom is -0.495 e. The van der Waals surface area contributed by atoms with E-state index in [1.165, 1.54) is 26.2 Å². The van der Waals surface area contributed by atoms with Crippen molar-refractivity contribution < 1.29 is 29.1 Å². The minimum absolute atomic E-state index is 0.121. The van der Waals surface area contributed by atoms with Gasteiger partial charge in [0.1, 0.15) is 5.75 Å². The Morgan fingerprint density at radius 3 is 2.59 bits per heavy atom. The number of carbonyl (C=O) groups excluding carboxylic acids is 2. The highest BCUT2D eigenvalue weighted by Gasteiger charge is 2.23. The Morgan fingerprint density at radius 1 is 1.21 bits per heavy atom. The van der Waals surface area contributed by atoms with E-state index in [1.807, 2.05) is 0 Å². The summed E-state index contributed by atoms with van der Waals surface area (Å²) >= 11 is 0. The number of non-ortho nitro benzene ring substituents is 1. The molecule has 2 aromatic carbocycles. The number of aliphatic hydroxyl groups excluding tert-OH is 1. The topological polar surface area (TPSA) is 140 Å². The van der Waals surface area contributed by atoms with E-state index in [4.69, 9.17) is 14.6 Å². The lowest BCUT2D eigenvalue weighted by molar-refractivity contribution is -0.384. The normalized spacial score (nSPS) is 11.3.